The molecule has 306 valence electrons. The molecular formula is C42H48BrN6O9+. The van der Waals surface area contributed by atoms with Gasteiger partial charge in [-0.05, 0) is 23.8 Å². The van der Waals surface area contributed by atoms with E-state index in [1.807, 2.05) is 91.0 Å². The Hall–Kier alpha value is -6.07. The van der Waals surface area contributed by atoms with E-state index in [1.54, 1.807) is 41.8 Å². The highest BCUT2D eigenvalue weighted by Crippen LogP contribution is 2.22. The van der Waals surface area contributed by atoms with Crippen molar-refractivity contribution in [2.75, 3.05) is 60.7 Å². The van der Waals surface area contributed by atoms with E-state index in [4.69, 9.17) is 18.9 Å². The summed E-state index contributed by atoms with van der Waals surface area (Å²) in [5.74, 6) is -1.27. The molecule has 0 radical (unpaired) electrons. The minimum absolute atomic E-state index is 0.303. The van der Waals surface area contributed by atoms with E-state index >= 15 is 0 Å². The van der Waals surface area contributed by atoms with Crippen LogP contribution in [0.25, 0.3) is 33.8 Å². The van der Waals surface area contributed by atoms with Gasteiger partial charge < -0.3 is 23.7 Å². The maximum atomic E-state index is 11.7. The molecule has 0 atom stereocenters. The van der Waals surface area contributed by atoms with Crippen LogP contribution in [0.1, 0.15) is 31.5 Å². The summed E-state index contributed by atoms with van der Waals surface area (Å²) < 4.78 is 31.8. The number of hydrogen-bond acceptors (Lipinski definition) is 12. The fraction of sp³-hybridized carbons (Fsp3) is 0.262. The predicted octanol–water partition coefficient (Wildman–Crippen LogP) is 7.02. The molecule has 0 unspecified atom stereocenters. The van der Waals surface area contributed by atoms with Crippen molar-refractivity contribution in [3.05, 3.63) is 133 Å². The largest absolute Gasteiger partial charge is 0.464 e. The predicted molar refractivity (Wildman–Crippen MR) is 222 cm³/mol. The molecule has 0 bridgehead atoms. The van der Waals surface area contributed by atoms with Gasteiger partial charge in [0, 0.05) is 30.7 Å². The molecule has 3 heterocycles. The van der Waals surface area contributed by atoms with E-state index < -0.39 is 17.9 Å². The number of methoxy groups -OCH3 is 5. The molecule has 0 saturated heterocycles. The molecule has 0 saturated carbocycles. The normalized spacial score (nSPS) is 10.1. The molecule has 6 aromatic rings. The summed E-state index contributed by atoms with van der Waals surface area (Å²) in [4.78, 5) is 34.4. The van der Waals surface area contributed by atoms with Crippen LogP contribution in [-0.4, -0.2) is 108 Å². The second-order valence-electron chi connectivity index (χ2n) is 11.6. The molecule has 3 aromatic heterocycles. The maximum Gasteiger partial charge on any atom is 0.358 e. The fourth-order valence-electron chi connectivity index (χ4n) is 4.94. The van der Waals surface area contributed by atoms with Gasteiger partial charge in [0.25, 0.3) is 0 Å². The van der Waals surface area contributed by atoms with Gasteiger partial charge in [0.2, 0.25) is 7.11 Å². The number of alkyl halides is 1. The van der Waals surface area contributed by atoms with Crippen molar-refractivity contribution < 1.29 is 42.8 Å². The van der Waals surface area contributed by atoms with Gasteiger partial charge in [-0.1, -0.05) is 107 Å². The van der Waals surface area contributed by atoms with Crippen LogP contribution in [0.5, 0.6) is 0 Å². The highest BCUT2D eigenvalue weighted by molar-refractivity contribution is 9.09. The molecule has 0 aliphatic heterocycles. The third kappa shape index (κ3) is 14.5. The fourth-order valence-corrected chi connectivity index (χ4v) is 5.26. The van der Waals surface area contributed by atoms with Crippen LogP contribution in [0.2, 0.25) is 0 Å². The highest BCUT2D eigenvalue weighted by Gasteiger charge is 2.17. The lowest BCUT2D eigenvalue weighted by Crippen LogP contribution is -2.14. The Labute approximate surface area is 346 Å². The van der Waals surface area contributed by atoms with Crippen LogP contribution < -0.4 is 0 Å². The van der Waals surface area contributed by atoms with Gasteiger partial charge in [0.15, 0.2) is 5.69 Å². The quantitative estimate of drug-likeness (QED) is 0.0515. The first-order valence-electron chi connectivity index (χ1n) is 17.8. The van der Waals surface area contributed by atoms with Crippen molar-refractivity contribution in [3.63, 3.8) is 0 Å². The van der Waals surface area contributed by atoms with Crippen LogP contribution in [0.3, 0.4) is 0 Å². The number of nitrogens with zero attached hydrogens (tertiary/aromatic N) is 5. The lowest BCUT2D eigenvalue weighted by atomic mass is 10.1. The number of rotatable bonds is 14. The molecule has 3 aromatic carbocycles. The highest BCUT2D eigenvalue weighted by atomic mass is 79.9. The number of ether oxygens (including phenoxy) is 6. The zero-order chi connectivity index (χ0) is 42.1. The first kappa shape index (κ1) is 46.3. The lowest BCUT2D eigenvalue weighted by Gasteiger charge is -2.06. The second-order valence-corrected chi connectivity index (χ2v) is 12.4. The number of halogens is 1. The van der Waals surface area contributed by atoms with Crippen molar-refractivity contribution in [1.82, 2.24) is 29.8 Å². The summed E-state index contributed by atoms with van der Waals surface area (Å²) >= 11 is 3.18. The minimum atomic E-state index is -0.437. The lowest BCUT2D eigenvalue weighted by molar-refractivity contribution is 0.0578. The van der Waals surface area contributed by atoms with Gasteiger partial charge in [-0.2, -0.15) is 20.0 Å². The minimum Gasteiger partial charge on any atom is -0.464 e. The molecular weight excluding hydrogens is 812 g/mol. The van der Waals surface area contributed by atoms with Gasteiger partial charge in [0.05, 0.1) is 64.7 Å². The number of aromatic nitrogens is 6. The monoisotopic (exact) mass is 859 g/mol. The zero-order valence-corrected chi connectivity index (χ0v) is 34.7. The van der Waals surface area contributed by atoms with Gasteiger partial charge in [-0.25, -0.2) is 14.4 Å². The van der Waals surface area contributed by atoms with Crippen molar-refractivity contribution in [1.29, 1.82) is 0 Å². The number of H-pyrrole nitrogens is 1. The number of benzene rings is 3. The molecule has 0 amide bonds. The van der Waals surface area contributed by atoms with Gasteiger partial charge >= 0.3 is 17.9 Å². The molecule has 1 N–H and O–H groups in total. The average molecular weight is 861 g/mol. The van der Waals surface area contributed by atoms with Crippen molar-refractivity contribution in [2.45, 2.75) is 13.1 Å². The van der Waals surface area contributed by atoms with E-state index in [-0.39, 0.29) is 0 Å². The molecule has 16 heteroatoms. The Morgan fingerprint density at radius 2 is 1.16 bits per heavy atom. The standard InChI is InChI=1S/C14H16N2O3.C14H15N2O3.C11H10N2O2.C3H7BrO/c1-18-9-8-16-13(11-6-4-3-5-7-11)10-12(15-16)14(17)19-2;1-18-9-8-16-13(14(17)19-2)10-12(15-16)11-6-4-3-5-7-11;1-15-11(14)10-7-9(12-13-10)8-5-3-2-4-6-8;1-5-3-2-4/h3-7,10H,8-9H2,1-2H3;3-7,10H,1,8-9H2,2H3;2-7H,1H3,(H,12,13);2-3H2,1H3/q;+1;;. The number of carbonyl (C=O) groups is 3. The summed E-state index contributed by atoms with van der Waals surface area (Å²) in [6, 6.07) is 34.2. The Bertz CT molecular complexity index is 2090. The van der Waals surface area contributed by atoms with E-state index in [1.165, 1.54) is 21.3 Å². The van der Waals surface area contributed by atoms with Crippen molar-refractivity contribution >= 4 is 33.8 Å². The Balaban J connectivity index is 0.000000221. The van der Waals surface area contributed by atoms with E-state index in [0.717, 1.165) is 45.7 Å². The summed E-state index contributed by atoms with van der Waals surface area (Å²) in [6.07, 6.45) is 0. The SMILES string of the molecule is COC(=O)c1cc(-c2ccccc2)n[nH]1.COCCBr.COCCn1nc(C(=O)OC)cc1-c1ccccc1.[CH2+]OCCn1nc(-c2ccccc2)cc1C(=O)OC. The molecule has 0 spiro atoms. The molecule has 0 aliphatic carbocycles. The van der Waals surface area contributed by atoms with Gasteiger partial charge in [0.1, 0.15) is 18.0 Å². The Morgan fingerprint density at radius 1 is 0.621 bits per heavy atom. The molecule has 0 aliphatic rings. The second kappa shape index (κ2) is 26.0. The molecule has 0 fully saturated rings. The van der Waals surface area contributed by atoms with Gasteiger partial charge in [-0.3, -0.25) is 14.5 Å². The van der Waals surface area contributed by atoms with Crippen LogP contribution in [-0.2, 0) is 41.5 Å². The van der Waals surface area contributed by atoms with Crippen LogP contribution >= 0.6 is 15.9 Å². The first-order valence-corrected chi connectivity index (χ1v) is 18.9. The van der Waals surface area contributed by atoms with E-state index in [0.29, 0.717) is 43.4 Å². The maximum absolute atomic E-state index is 11.7. The van der Waals surface area contributed by atoms with Gasteiger partial charge in [-0.15, -0.1) is 0 Å². The van der Waals surface area contributed by atoms with Crippen molar-refractivity contribution in [2.24, 2.45) is 0 Å². The van der Waals surface area contributed by atoms with Crippen LogP contribution in [0.15, 0.2) is 109 Å². The summed E-state index contributed by atoms with van der Waals surface area (Å²) in [6.45, 7) is 2.74. The summed E-state index contributed by atoms with van der Waals surface area (Å²) in [7, 11) is 10.6. The molecule has 15 nitrogen and oxygen atoms in total. The summed E-state index contributed by atoms with van der Waals surface area (Å²) in [5.41, 5.74) is 6.30. The number of nitrogens with one attached hydrogen (secondary N) is 1. The third-order valence-corrected chi connectivity index (χ3v) is 8.10. The van der Waals surface area contributed by atoms with E-state index in [9.17, 15) is 14.4 Å². The number of carbonyl (C=O) groups excluding carboxylic acids is 3. The molecule has 58 heavy (non-hydrogen) atoms. The Kier molecular flexibility index (Phi) is 20.7. The number of esters is 3. The zero-order valence-electron chi connectivity index (χ0n) is 33.1. The Morgan fingerprint density at radius 3 is 1.66 bits per heavy atom. The average Bonchev–Trinajstić information content (AvgIpc) is 4.06. The topological polar surface area (TPSA) is 171 Å². The molecule has 6 rings (SSSR count). The smallest absolute Gasteiger partial charge is 0.358 e. The van der Waals surface area contributed by atoms with E-state index in [2.05, 4.69) is 52.9 Å². The summed E-state index contributed by atoms with van der Waals surface area (Å²) in [5, 5.41) is 16.2. The third-order valence-electron chi connectivity index (χ3n) is 7.78. The first-order chi connectivity index (χ1) is 28.2. The number of hydrogen-bond donors (Lipinski definition) is 1. The van der Waals surface area contributed by atoms with Crippen molar-refractivity contribution in [3.8, 4) is 33.8 Å². The van der Waals surface area contributed by atoms with Crippen LogP contribution in [0.4, 0.5) is 0 Å². The van der Waals surface area contributed by atoms with Crippen LogP contribution in [0, 0.1) is 7.11 Å². The number of aromatic amines is 1.